The molecule has 2 aromatic rings. The highest BCUT2D eigenvalue weighted by Gasteiger charge is 2.13. The molecule has 0 aliphatic heterocycles. The van der Waals surface area contributed by atoms with E-state index >= 15 is 0 Å². The fraction of sp³-hybridized carbons (Fsp3) is 0.467. The standard InChI is InChI=1S/C15H22N4/c1-12-5-6-16-9-14(12)10-17-7-13-8-18-19(11-13)15(2,3)4/h5-6,8-9,11,17H,7,10H2,1-4H3. The van der Waals surface area contributed by atoms with Crippen LogP contribution in [0.3, 0.4) is 0 Å². The molecule has 0 aromatic carbocycles. The average Bonchev–Trinajstić information content (AvgIpc) is 2.80. The van der Waals surface area contributed by atoms with Crippen LogP contribution < -0.4 is 5.32 Å². The van der Waals surface area contributed by atoms with E-state index in [1.807, 2.05) is 29.3 Å². The molecule has 0 unspecified atom stereocenters. The first-order valence-electron chi connectivity index (χ1n) is 6.61. The summed E-state index contributed by atoms with van der Waals surface area (Å²) in [5.74, 6) is 0. The van der Waals surface area contributed by atoms with Crippen LogP contribution >= 0.6 is 0 Å². The molecule has 2 rings (SSSR count). The van der Waals surface area contributed by atoms with Crippen LogP contribution in [0.15, 0.2) is 30.9 Å². The third-order valence-electron chi connectivity index (χ3n) is 3.12. The predicted octanol–water partition coefficient (Wildman–Crippen LogP) is 2.63. The molecule has 0 aliphatic rings. The molecule has 1 N–H and O–H groups in total. The first kappa shape index (κ1) is 13.7. The fourth-order valence-corrected chi connectivity index (χ4v) is 1.84. The summed E-state index contributed by atoms with van der Waals surface area (Å²) >= 11 is 0. The highest BCUT2D eigenvalue weighted by molar-refractivity contribution is 5.21. The molecular weight excluding hydrogens is 236 g/mol. The minimum Gasteiger partial charge on any atom is -0.308 e. The van der Waals surface area contributed by atoms with Crippen molar-refractivity contribution >= 4 is 0 Å². The Bertz CT molecular complexity index is 537. The van der Waals surface area contributed by atoms with Gasteiger partial charge in [0.2, 0.25) is 0 Å². The second-order valence-electron chi connectivity index (χ2n) is 5.87. The minimum absolute atomic E-state index is 0.0399. The number of nitrogens with one attached hydrogen (secondary N) is 1. The van der Waals surface area contributed by atoms with Crippen molar-refractivity contribution in [2.24, 2.45) is 0 Å². The summed E-state index contributed by atoms with van der Waals surface area (Å²) in [5, 5.41) is 7.83. The maximum atomic E-state index is 4.39. The Labute approximate surface area is 114 Å². The molecule has 0 fully saturated rings. The Kier molecular flexibility index (Phi) is 4.00. The van der Waals surface area contributed by atoms with E-state index in [-0.39, 0.29) is 5.54 Å². The summed E-state index contributed by atoms with van der Waals surface area (Å²) in [7, 11) is 0. The van der Waals surface area contributed by atoms with E-state index in [2.05, 4.69) is 49.3 Å². The molecule has 0 saturated heterocycles. The lowest BCUT2D eigenvalue weighted by Crippen LogP contribution is -2.22. The molecule has 102 valence electrons. The second kappa shape index (κ2) is 5.53. The summed E-state index contributed by atoms with van der Waals surface area (Å²) in [6, 6.07) is 2.04. The summed E-state index contributed by atoms with van der Waals surface area (Å²) in [6.45, 7) is 10.2. The number of pyridine rings is 1. The molecule has 2 heterocycles. The molecule has 19 heavy (non-hydrogen) atoms. The molecule has 4 nitrogen and oxygen atoms in total. The van der Waals surface area contributed by atoms with Gasteiger partial charge < -0.3 is 5.32 Å². The van der Waals surface area contributed by atoms with E-state index in [4.69, 9.17) is 0 Å². The van der Waals surface area contributed by atoms with Crippen LogP contribution in [0.4, 0.5) is 0 Å². The minimum atomic E-state index is 0.0399. The van der Waals surface area contributed by atoms with Gasteiger partial charge in [0.15, 0.2) is 0 Å². The second-order valence-corrected chi connectivity index (χ2v) is 5.87. The van der Waals surface area contributed by atoms with E-state index in [0.29, 0.717) is 0 Å². The first-order valence-corrected chi connectivity index (χ1v) is 6.61. The summed E-state index contributed by atoms with van der Waals surface area (Å²) in [6.07, 6.45) is 7.77. The van der Waals surface area contributed by atoms with Gasteiger partial charge >= 0.3 is 0 Å². The third-order valence-corrected chi connectivity index (χ3v) is 3.12. The normalized spacial score (nSPS) is 11.8. The van der Waals surface area contributed by atoms with Crippen molar-refractivity contribution in [3.8, 4) is 0 Å². The van der Waals surface area contributed by atoms with Gasteiger partial charge in [-0.25, -0.2) is 0 Å². The smallest absolute Gasteiger partial charge is 0.0543 e. The van der Waals surface area contributed by atoms with E-state index in [1.54, 1.807) is 0 Å². The predicted molar refractivity (Wildman–Crippen MR) is 76.7 cm³/mol. The largest absolute Gasteiger partial charge is 0.308 e. The van der Waals surface area contributed by atoms with Crippen molar-refractivity contribution in [1.29, 1.82) is 0 Å². The van der Waals surface area contributed by atoms with Gasteiger partial charge in [0.1, 0.15) is 0 Å². The third kappa shape index (κ3) is 3.64. The van der Waals surface area contributed by atoms with Crippen molar-refractivity contribution in [3.63, 3.8) is 0 Å². The molecule has 2 aromatic heterocycles. The number of hydrogen-bond donors (Lipinski definition) is 1. The van der Waals surface area contributed by atoms with Gasteiger partial charge in [0.25, 0.3) is 0 Å². The lowest BCUT2D eigenvalue weighted by Gasteiger charge is -2.18. The number of aryl methyl sites for hydroxylation is 1. The van der Waals surface area contributed by atoms with Crippen LogP contribution in [0.25, 0.3) is 0 Å². The van der Waals surface area contributed by atoms with Gasteiger partial charge in [-0.1, -0.05) is 0 Å². The monoisotopic (exact) mass is 258 g/mol. The number of rotatable bonds is 4. The van der Waals surface area contributed by atoms with E-state index in [0.717, 1.165) is 13.1 Å². The van der Waals surface area contributed by atoms with Crippen molar-refractivity contribution in [1.82, 2.24) is 20.1 Å². The van der Waals surface area contributed by atoms with Crippen LogP contribution in [0.1, 0.15) is 37.5 Å². The van der Waals surface area contributed by atoms with E-state index in [9.17, 15) is 0 Å². The highest BCUT2D eigenvalue weighted by atomic mass is 15.3. The molecule has 0 bridgehead atoms. The van der Waals surface area contributed by atoms with Gasteiger partial charge in [0.05, 0.1) is 11.7 Å². The quantitative estimate of drug-likeness (QED) is 0.916. The van der Waals surface area contributed by atoms with E-state index < -0.39 is 0 Å². The summed E-state index contributed by atoms with van der Waals surface area (Å²) in [5.41, 5.74) is 3.76. The Balaban J connectivity index is 1.90. The van der Waals surface area contributed by atoms with Crippen LogP contribution in [-0.2, 0) is 18.6 Å². The van der Waals surface area contributed by atoms with E-state index in [1.165, 1.54) is 16.7 Å². The number of nitrogens with zero attached hydrogens (tertiary/aromatic N) is 3. The molecule has 0 spiro atoms. The Morgan fingerprint density at radius 1 is 1.21 bits per heavy atom. The lowest BCUT2D eigenvalue weighted by atomic mass is 10.1. The zero-order valence-electron chi connectivity index (χ0n) is 12.1. The Hall–Kier alpha value is -1.68. The van der Waals surface area contributed by atoms with Gasteiger partial charge in [-0.3, -0.25) is 9.67 Å². The van der Waals surface area contributed by atoms with Crippen LogP contribution in [-0.4, -0.2) is 14.8 Å². The SMILES string of the molecule is Cc1ccncc1CNCc1cnn(C(C)(C)C)c1. The zero-order chi connectivity index (χ0) is 13.9. The zero-order valence-corrected chi connectivity index (χ0v) is 12.1. The first-order chi connectivity index (χ1) is 8.97. The summed E-state index contributed by atoms with van der Waals surface area (Å²) < 4.78 is 2.00. The molecule has 0 atom stereocenters. The van der Waals surface area contributed by atoms with Gasteiger partial charge in [-0.15, -0.1) is 0 Å². The fourth-order valence-electron chi connectivity index (χ4n) is 1.84. The van der Waals surface area contributed by atoms with Gasteiger partial charge in [0, 0.05) is 37.2 Å². The summed E-state index contributed by atoms with van der Waals surface area (Å²) in [4.78, 5) is 4.15. The van der Waals surface area contributed by atoms with Gasteiger partial charge in [-0.2, -0.15) is 5.10 Å². The molecule has 0 amide bonds. The maximum Gasteiger partial charge on any atom is 0.0543 e. The van der Waals surface area contributed by atoms with Crippen LogP contribution in [0, 0.1) is 6.92 Å². The Morgan fingerprint density at radius 3 is 2.63 bits per heavy atom. The van der Waals surface area contributed by atoms with Gasteiger partial charge in [-0.05, 0) is 44.9 Å². The topological polar surface area (TPSA) is 42.7 Å². The molecule has 0 saturated carbocycles. The van der Waals surface area contributed by atoms with Crippen molar-refractivity contribution in [2.75, 3.05) is 0 Å². The Morgan fingerprint density at radius 2 is 2.00 bits per heavy atom. The lowest BCUT2D eigenvalue weighted by molar-refractivity contribution is 0.355. The van der Waals surface area contributed by atoms with Crippen LogP contribution in [0.2, 0.25) is 0 Å². The molecule has 0 aliphatic carbocycles. The molecule has 4 heteroatoms. The van der Waals surface area contributed by atoms with Crippen molar-refractivity contribution in [2.45, 2.75) is 46.3 Å². The average molecular weight is 258 g/mol. The molecular formula is C15H22N4. The highest BCUT2D eigenvalue weighted by Crippen LogP contribution is 2.13. The maximum absolute atomic E-state index is 4.39. The van der Waals surface area contributed by atoms with Crippen molar-refractivity contribution < 1.29 is 0 Å². The number of aromatic nitrogens is 3. The van der Waals surface area contributed by atoms with Crippen LogP contribution in [0.5, 0.6) is 0 Å². The molecule has 0 radical (unpaired) electrons. The van der Waals surface area contributed by atoms with Crippen molar-refractivity contribution in [3.05, 3.63) is 47.5 Å². The number of hydrogen-bond acceptors (Lipinski definition) is 3.